The number of piperidine rings is 1. The Bertz CT molecular complexity index is 592. The molecule has 2 aromatic heterocycles. The number of anilines is 1. The fraction of sp³-hybridized carbons (Fsp3) is 0.600. The van der Waals surface area contributed by atoms with E-state index < -0.39 is 0 Å². The Labute approximate surface area is 129 Å². The number of fused-ring (bicyclic) bond motifs is 1. The summed E-state index contributed by atoms with van der Waals surface area (Å²) >= 11 is 1.66. The van der Waals surface area contributed by atoms with Crippen molar-refractivity contribution in [2.24, 2.45) is 5.92 Å². The van der Waals surface area contributed by atoms with Gasteiger partial charge >= 0.3 is 0 Å². The zero-order chi connectivity index (χ0) is 14.7. The molecule has 3 heterocycles. The van der Waals surface area contributed by atoms with Crippen LogP contribution in [0, 0.1) is 5.92 Å². The van der Waals surface area contributed by atoms with Crippen molar-refractivity contribution in [1.29, 1.82) is 0 Å². The summed E-state index contributed by atoms with van der Waals surface area (Å²) in [6.45, 7) is 6.10. The maximum absolute atomic E-state index is 9.21. The average Bonchev–Trinajstić information content (AvgIpc) is 2.97. The van der Waals surface area contributed by atoms with Gasteiger partial charge in [0.05, 0.1) is 11.9 Å². The molecule has 3 rings (SSSR count). The summed E-state index contributed by atoms with van der Waals surface area (Å²) in [6.07, 6.45) is 2.13. The monoisotopic (exact) mass is 306 g/mol. The Hall–Kier alpha value is -1.24. The number of aromatic nitrogens is 2. The first-order valence-corrected chi connectivity index (χ1v) is 8.49. The van der Waals surface area contributed by atoms with Crippen LogP contribution in [0.15, 0.2) is 11.4 Å². The second-order valence-electron chi connectivity index (χ2n) is 5.56. The predicted molar refractivity (Wildman–Crippen MR) is 86.7 cm³/mol. The molecule has 0 radical (unpaired) electrons. The van der Waals surface area contributed by atoms with Gasteiger partial charge in [0, 0.05) is 13.2 Å². The van der Waals surface area contributed by atoms with E-state index in [2.05, 4.69) is 38.6 Å². The largest absolute Gasteiger partial charge is 0.396 e. The van der Waals surface area contributed by atoms with Crippen LogP contribution < -0.4 is 5.32 Å². The van der Waals surface area contributed by atoms with Crippen LogP contribution in [0.4, 0.5) is 5.82 Å². The first-order valence-electron chi connectivity index (χ1n) is 7.61. The Morgan fingerprint density at radius 1 is 1.38 bits per heavy atom. The topological polar surface area (TPSA) is 61.3 Å². The van der Waals surface area contributed by atoms with Gasteiger partial charge in [-0.15, -0.1) is 11.3 Å². The summed E-state index contributed by atoms with van der Waals surface area (Å²) in [5, 5.41) is 15.7. The molecule has 0 atom stereocenters. The maximum atomic E-state index is 9.21. The van der Waals surface area contributed by atoms with Crippen LogP contribution in [0.3, 0.4) is 0 Å². The standard InChI is InChI=1S/C15H22N4OS/c1-2-16-14-12-5-8-21-15(12)18-13(17-14)9-19-6-3-11(10-20)4-7-19/h5,8,11,20H,2-4,6-7,9-10H2,1H3,(H,16,17,18). The van der Waals surface area contributed by atoms with Crippen molar-refractivity contribution >= 4 is 27.4 Å². The minimum absolute atomic E-state index is 0.316. The van der Waals surface area contributed by atoms with Gasteiger partial charge in [0.15, 0.2) is 0 Å². The molecule has 0 bridgehead atoms. The van der Waals surface area contributed by atoms with E-state index >= 15 is 0 Å². The highest BCUT2D eigenvalue weighted by molar-refractivity contribution is 7.16. The van der Waals surface area contributed by atoms with E-state index in [-0.39, 0.29) is 0 Å². The first kappa shape index (κ1) is 14.7. The smallest absolute Gasteiger partial charge is 0.146 e. The van der Waals surface area contributed by atoms with Gasteiger partial charge in [0.25, 0.3) is 0 Å². The summed E-state index contributed by atoms with van der Waals surface area (Å²) in [4.78, 5) is 12.8. The van der Waals surface area contributed by atoms with Crippen LogP contribution in [0.5, 0.6) is 0 Å². The molecule has 1 saturated heterocycles. The van der Waals surface area contributed by atoms with Crippen molar-refractivity contribution in [2.45, 2.75) is 26.3 Å². The van der Waals surface area contributed by atoms with Crippen LogP contribution in [-0.4, -0.2) is 46.2 Å². The number of hydrogen-bond donors (Lipinski definition) is 2. The second-order valence-corrected chi connectivity index (χ2v) is 6.45. The van der Waals surface area contributed by atoms with E-state index in [1.54, 1.807) is 11.3 Å². The molecular formula is C15H22N4OS. The number of hydrogen-bond acceptors (Lipinski definition) is 6. The van der Waals surface area contributed by atoms with Crippen LogP contribution in [0.25, 0.3) is 10.2 Å². The number of likely N-dealkylation sites (tertiary alicyclic amines) is 1. The number of thiophene rings is 1. The Balaban J connectivity index is 1.74. The number of nitrogens with one attached hydrogen (secondary N) is 1. The molecule has 2 aromatic rings. The molecule has 0 aromatic carbocycles. The SMILES string of the molecule is CCNc1nc(CN2CCC(CO)CC2)nc2sccc12. The van der Waals surface area contributed by atoms with E-state index in [0.29, 0.717) is 12.5 Å². The van der Waals surface area contributed by atoms with Gasteiger partial charge in [0.2, 0.25) is 0 Å². The van der Waals surface area contributed by atoms with E-state index in [1.807, 2.05) is 0 Å². The molecular weight excluding hydrogens is 284 g/mol. The lowest BCUT2D eigenvalue weighted by atomic mass is 9.98. The van der Waals surface area contributed by atoms with E-state index in [0.717, 1.165) is 60.9 Å². The fourth-order valence-electron chi connectivity index (χ4n) is 2.80. The summed E-state index contributed by atoms with van der Waals surface area (Å²) < 4.78 is 0. The van der Waals surface area contributed by atoms with Crippen molar-refractivity contribution < 1.29 is 5.11 Å². The molecule has 5 nitrogen and oxygen atoms in total. The molecule has 0 spiro atoms. The third-order valence-corrected chi connectivity index (χ3v) is 4.85. The lowest BCUT2D eigenvalue weighted by Gasteiger charge is -2.30. The molecule has 0 amide bonds. The number of rotatable bonds is 5. The number of aliphatic hydroxyl groups excluding tert-OH is 1. The normalized spacial score (nSPS) is 17.4. The van der Waals surface area contributed by atoms with Crippen molar-refractivity contribution in [3.8, 4) is 0 Å². The summed E-state index contributed by atoms with van der Waals surface area (Å²) in [6, 6.07) is 2.08. The number of aliphatic hydroxyl groups is 1. The predicted octanol–water partition coefficient (Wildman–Crippen LogP) is 2.33. The van der Waals surface area contributed by atoms with Gasteiger partial charge in [-0.05, 0) is 50.2 Å². The van der Waals surface area contributed by atoms with Crippen molar-refractivity contribution in [2.75, 3.05) is 31.6 Å². The number of nitrogens with zero attached hydrogens (tertiary/aromatic N) is 3. The Morgan fingerprint density at radius 2 is 2.19 bits per heavy atom. The molecule has 21 heavy (non-hydrogen) atoms. The maximum Gasteiger partial charge on any atom is 0.146 e. The van der Waals surface area contributed by atoms with Gasteiger partial charge in [0.1, 0.15) is 16.5 Å². The van der Waals surface area contributed by atoms with Gasteiger partial charge in [-0.25, -0.2) is 9.97 Å². The fourth-order valence-corrected chi connectivity index (χ4v) is 3.58. The molecule has 2 N–H and O–H groups in total. The van der Waals surface area contributed by atoms with Crippen LogP contribution in [-0.2, 0) is 6.54 Å². The molecule has 1 aliphatic heterocycles. The highest BCUT2D eigenvalue weighted by atomic mass is 32.1. The third-order valence-electron chi connectivity index (χ3n) is 4.05. The summed E-state index contributed by atoms with van der Waals surface area (Å²) in [5.74, 6) is 2.31. The molecule has 114 valence electrons. The van der Waals surface area contributed by atoms with Gasteiger partial charge in [-0.3, -0.25) is 4.90 Å². The molecule has 0 aliphatic carbocycles. The lowest BCUT2D eigenvalue weighted by molar-refractivity contribution is 0.125. The zero-order valence-corrected chi connectivity index (χ0v) is 13.2. The highest BCUT2D eigenvalue weighted by Crippen LogP contribution is 2.26. The average molecular weight is 306 g/mol. The van der Waals surface area contributed by atoms with Crippen molar-refractivity contribution in [3.05, 3.63) is 17.3 Å². The Kier molecular flexibility index (Phi) is 4.67. The van der Waals surface area contributed by atoms with Crippen LogP contribution >= 0.6 is 11.3 Å². The zero-order valence-electron chi connectivity index (χ0n) is 12.4. The second kappa shape index (κ2) is 6.68. The van der Waals surface area contributed by atoms with Crippen molar-refractivity contribution in [1.82, 2.24) is 14.9 Å². The van der Waals surface area contributed by atoms with Crippen LogP contribution in [0.1, 0.15) is 25.6 Å². The molecule has 0 saturated carbocycles. The first-order chi connectivity index (χ1) is 10.3. The quantitative estimate of drug-likeness (QED) is 0.888. The minimum atomic E-state index is 0.316. The van der Waals surface area contributed by atoms with Crippen molar-refractivity contribution in [3.63, 3.8) is 0 Å². The molecule has 1 fully saturated rings. The summed E-state index contributed by atoms with van der Waals surface area (Å²) in [7, 11) is 0. The van der Waals surface area contributed by atoms with E-state index in [9.17, 15) is 5.11 Å². The van der Waals surface area contributed by atoms with E-state index in [4.69, 9.17) is 0 Å². The van der Waals surface area contributed by atoms with Crippen LogP contribution in [0.2, 0.25) is 0 Å². The van der Waals surface area contributed by atoms with Gasteiger partial charge < -0.3 is 10.4 Å². The highest BCUT2D eigenvalue weighted by Gasteiger charge is 2.19. The Morgan fingerprint density at radius 3 is 2.90 bits per heavy atom. The van der Waals surface area contributed by atoms with Gasteiger partial charge in [-0.1, -0.05) is 0 Å². The van der Waals surface area contributed by atoms with E-state index in [1.165, 1.54) is 0 Å². The lowest BCUT2D eigenvalue weighted by Crippen LogP contribution is -2.34. The molecule has 1 aliphatic rings. The molecule has 0 unspecified atom stereocenters. The molecule has 6 heteroatoms. The van der Waals surface area contributed by atoms with Gasteiger partial charge in [-0.2, -0.15) is 0 Å². The minimum Gasteiger partial charge on any atom is -0.396 e. The third kappa shape index (κ3) is 3.33. The summed E-state index contributed by atoms with van der Waals surface area (Å²) in [5.41, 5.74) is 0.